The Morgan fingerprint density at radius 2 is 1.86 bits per heavy atom. The molecular formula is C5H9S2. The second-order valence-electron chi connectivity index (χ2n) is 1.03. The summed E-state index contributed by atoms with van der Waals surface area (Å²) in [5.41, 5.74) is 0. The van der Waals surface area contributed by atoms with Gasteiger partial charge < -0.3 is 0 Å². The van der Waals surface area contributed by atoms with Crippen molar-refractivity contribution in [2.75, 3.05) is 12.5 Å². The summed E-state index contributed by atoms with van der Waals surface area (Å²) in [7, 11) is 0. The lowest BCUT2D eigenvalue weighted by atomic mass is 10.8. The molecule has 0 aromatic rings. The average molecular weight is 133 g/mol. The normalized spacial score (nSPS) is 9.57. The first-order valence-corrected chi connectivity index (χ1v) is 4.53. The Balaban J connectivity index is 3.16. The molecule has 0 spiro atoms. The van der Waals surface area contributed by atoms with Crippen LogP contribution in [0.1, 0.15) is 0 Å². The van der Waals surface area contributed by atoms with E-state index in [0.717, 1.165) is 0 Å². The van der Waals surface area contributed by atoms with E-state index in [1.807, 2.05) is 12.5 Å². The van der Waals surface area contributed by atoms with Gasteiger partial charge >= 0.3 is 0 Å². The molecular weight excluding hydrogens is 124 g/mol. The van der Waals surface area contributed by atoms with E-state index in [4.69, 9.17) is 6.58 Å². The van der Waals surface area contributed by atoms with E-state index in [2.05, 4.69) is 0 Å². The minimum Gasteiger partial charge on any atom is -0.147 e. The molecule has 0 bridgehead atoms. The molecule has 1 radical (unpaired) electrons. The van der Waals surface area contributed by atoms with Crippen molar-refractivity contribution < 1.29 is 0 Å². The second-order valence-corrected chi connectivity index (χ2v) is 3.29. The quantitative estimate of drug-likeness (QED) is 0.540. The van der Waals surface area contributed by atoms with Gasteiger partial charge in [0.05, 0.1) is 4.58 Å². The van der Waals surface area contributed by atoms with Gasteiger partial charge in [0.1, 0.15) is 0 Å². The Hall–Kier alpha value is 0.440. The lowest BCUT2D eigenvalue weighted by Gasteiger charge is -2.00. The van der Waals surface area contributed by atoms with E-state index < -0.39 is 0 Å². The van der Waals surface area contributed by atoms with Gasteiger partial charge in [0.15, 0.2) is 0 Å². The summed E-state index contributed by atoms with van der Waals surface area (Å²) < 4.78 is 0.472. The van der Waals surface area contributed by atoms with Crippen molar-refractivity contribution in [2.24, 2.45) is 0 Å². The summed E-state index contributed by atoms with van der Waals surface area (Å²) in [6.45, 7) is 5.23. The lowest BCUT2D eigenvalue weighted by Crippen LogP contribution is -1.84. The van der Waals surface area contributed by atoms with Gasteiger partial charge in [-0.25, -0.2) is 0 Å². The Morgan fingerprint density at radius 3 is 1.86 bits per heavy atom. The molecule has 0 amide bonds. The van der Waals surface area contributed by atoms with Crippen LogP contribution in [0, 0.1) is 6.58 Å². The highest BCUT2D eigenvalue weighted by atomic mass is 32.2. The number of hydrogen-bond donors (Lipinski definition) is 0. The van der Waals surface area contributed by atoms with Gasteiger partial charge in [-0.15, -0.1) is 23.5 Å². The molecule has 0 nitrogen and oxygen atoms in total. The summed E-state index contributed by atoms with van der Waals surface area (Å²) in [5, 5.41) is 0. The van der Waals surface area contributed by atoms with Crippen LogP contribution in [-0.4, -0.2) is 17.1 Å². The number of rotatable bonds is 3. The monoisotopic (exact) mass is 133 g/mol. The van der Waals surface area contributed by atoms with E-state index in [9.17, 15) is 0 Å². The van der Waals surface area contributed by atoms with Gasteiger partial charge in [-0.05, 0) is 12.5 Å². The Kier molecular flexibility index (Phi) is 4.88. The maximum Gasteiger partial charge on any atom is 0.0679 e. The zero-order chi connectivity index (χ0) is 5.70. The van der Waals surface area contributed by atoms with Crippen LogP contribution in [0.4, 0.5) is 0 Å². The van der Waals surface area contributed by atoms with Crippen LogP contribution in [0.25, 0.3) is 0 Å². The predicted molar refractivity (Wildman–Crippen MR) is 39.7 cm³/mol. The molecule has 41 valence electrons. The van der Waals surface area contributed by atoms with Gasteiger partial charge in [0, 0.05) is 0 Å². The molecule has 0 aromatic carbocycles. The average Bonchev–Trinajstić information content (AvgIpc) is 1.72. The molecule has 0 unspecified atom stereocenters. The molecule has 0 saturated heterocycles. The first-order chi connectivity index (χ1) is 3.35. The first kappa shape index (κ1) is 7.44. The zero-order valence-corrected chi connectivity index (χ0v) is 6.18. The molecule has 0 fully saturated rings. The van der Waals surface area contributed by atoms with Crippen molar-refractivity contribution in [1.82, 2.24) is 0 Å². The molecule has 0 rings (SSSR count). The maximum atomic E-state index is 5.23. The summed E-state index contributed by atoms with van der Waals surface area (Å²) in [4.78, 5) is 0. The van der Waals surface area contributed by atoms with Crippen molar-refractivity contribution >= 4 is 23.5 Å². The highest BCUT2D eigenvalue weighted by Gasteiger charge is 1.93. The Bertz CT molecular complexity index is 48.0. The zero-order valence-electron chi connectivity index (χ0n) is 4.55. The van der Waals surface area contributed by atoms with E-state index >= 15 is 0 Å². The van der Waals surface area contributed by atoms with Crippen LogP contribution in [0.2, 0.25) is 0 Å². The summed E-state index contributed by atoms with van der Waals surface area (Å²) >= 11 is 3.50. The third-order valence-electron chi connectivity index (χ3n) is 0.622. The van der Waals surface area contributed by atoms with Crippen molar-refractivity contribution in [1.29, 1.82) is 0 Å². The van der Waals surface area contributed by atoms with Crippen LogP contribution in [0.3, 0.4) is 0 Å². The smallest absolute Gasteiger partial charge is 0.0679 e. The largest absolute Gasteiger partial charge is 0.147 e. The molecule has 0 atom stereocenters. The van der Waals surface area contributed by atoms with Gasteiger partial charge in [0.2, 0.25) is 0 Å². The molecule has 7 heavy (non-hydrogen) atoms. The van der Waals surface area contributed by atoms with E-state index in [0.29, 0.717) is 4.58 Å². The molecule has 2 heteroatoms. The SMILES string of the molecule is [CH]=CC(SC)SC. The Labute approximate surface area is 53.8 Å². The Morgan fingerprint density at radius 1 is 1.43 bits per heavy atom. The van der Waals surface area contributed by atoms with Crippen LogP contribution in [0.5, 0.6) is 0 Å². The third kappa shape index (κ3) is 3.06. The minimum atomic E-state index is 0.472. The third-order valence-corrected chi connectivity index (χ3v) is 3.02. The predicted octanol–water partition coefficient (Wildman–Crippen LogP) is 2.03. The maximum absolute atomic E-state index is 5.23. The van der Waals surface area contributed by atoms with Crippen molar-refractivity contribution in [3.63, 3.8) is 0 Å². The van der Waals surface area contributed by atoms with E-state index in [-0.39, 0.29) is 0 Å². The molecule has 0 aliphatic rings. The molecule has 0 aliphatic carbocycles. The molecule has 0 aromatic heterocycles. The fourth-order valence-corrected chi connectivity index (χ4v) is 1.34. The topological polar surface area (TPSA) is 0 Å². The second kappa shape index (κ2) is 4.60. The highest BCUT2D eigenvalue weighted by Crippen LogP contribution is 2.17. The molecule has 0 aliphatic heterocycles. The summed E-state index contributed by atoms with van der Waals surface area (Å²) in [6, 6.07) is 0. The van der Waals surface area contributed by atoms with Gasteiger partial charge in [0.25, 0.3) is 0 Å². The number of hydrogen-bond acceptors (Lipinski definition) is 2. The lowest BCUT2D eigenvalue weighted by molar-refractivity contribution is 1.67. The fourth-order valence-electron chi connectivity index (χ4n) is 0.253. The highest BCUT2D eigenvalue weighted by molar-refractivity contribution is 8.16. The first-order valence-electron chi connectivity index (χ1n) is 1.95. The van der Waals surface area contributed by atoms with Crippen LogP contribution < -0.4 is 0 Å². The van der Waals surface area contributed by atoms with Gasteiger partial charge in [-0.1, -0.05) is 12.7 Å². The van der Waals surface area contributed by atoms with Gasteiger partial charge in [-0.2, -0.15) is 0 Å². The van der Waals surface area contributed by atoms with Crippen LogP contribution in [-0.2, 0) is 0 Å². The summed E-state index contributed by atoms with van der Waals surface area (Å²) in [5.74, 6) is 0. The molecule has 0 heterocycles. The summed E-state index contributed by atoms with van der Waals surface area (Å²) in [6.07, 6.45) is 5.80. The van der Waals surface area contributed by atoms with Crippen molar-refractivity contribution in [2.45, 2.75) is 4.58 Å². The molecule has 0 N–H and O–H groups in total. The fraction of sp³-hybridized carbons (Fsp3) is 0.600. The van der Waals surface area contributed by atoms with Crippen LogP contribution in [0.15, 0.2) is 6.08 Å². The van der Waals surface area contributed by atoms with Crippen LogP contribution >= 0.6 is 23.5 Å². The van der Waals surface area contributed by atoms with Crippen molar-refractivity contribution in [3.05, 3.63) is 12.7 Å². The molecule has 0 saturated carbocycles. The standard InChI is InChI=1S/C5H9S2/c1-4-5(6-2)7-3/h1,4-5H,2-3H3. The number of thioether (sulfide) groups is 2. The van der Waals surface area contributed by atoms with E-state index in [1.165, 1.54) is 0 Å². The van der Waals surface area contributed by atoms with Gasteiger partial charge in [-0.3, -0.25) is 0 Å². The van der Waals surface area contributed by atoms with Crippen molar-refractivity contribution in [3.8, 4) is 0 Å². The van der Waals surface area contributed by atoms with E-state index in [1.54, 1.807) is 29.6 Å². The minimum absolute atomic E-state index is 0.472.